The van der Waals surface area contributed by atoms with E-state index in [1.54, 1.807) is 10.9 Å². The zero-order valence-electron chi connectivity index (χ0n) is 17.8. The third kappa shape index (κ3) is 6.40. The standard InChI is InChI=1S/C21H21N5O6S/c1-13-3-5-14(6-4-13)22-9-20(27)24-25-21(28)16-7-18(31-2)19(8-17(16)26(29)30)32-10-15-11-33-12-23-15/h3-8,11-12,22H,9-10H2,1-2H3,(H,24,27)(H,25,28). The summed E-state index contributed by atoms with van der Waals surface area (Å²) < 4.78 is 10.8. The molecule has 0 aliphatic carbocycles. The number of carbonyl (C=O) groups is 2. The summed E-state index contributed by atoms with van der Waals surface area (Å²) in [6.07, 6.45) is 0. The Bertz CT molecular complexity index is 1130. The van der Waals surface area contributed by atoms with Crippen molar-refractivity contribution >= 4 is 34.5 Å². The molecule has 0 unspecified atom stereocenters. The highest BCUT2D eigenvalue weighted by molar-refractivity contribution is 7.07. The molecule has 0 spiro atoms. The fourth-order valence-electron chi connectivity index (χ4n) is 2.71. The second-order valence-electron chi connectivity index (χ2n) is 6.77. The number of rotatable bonds is 9. The first-order valence-corrected chi connectivity index (χ1v) is 10.6. The maximum Gasteiger partial charge on any atom is 0.286 e. The van der Waals surface area contributed by atoms with Crippen molar-refractivity contribution in [1.29, 1.82) is 0 Å². The molecule has 0 saturated heterocycles. The number of carbonyl (C=O) groups excluding carboxylic acids is 2. The number of hydrazine groups is 1. The Labute approximate surface area is 192 Å². The number of nitro benzene ring substituents is 1. The summed E-state index contributed by atoms with van der Waals surface area (Å²) in [6, 6.07) is 9.68. The summed E-state index contributed by atoms with van der Waals surface area (Å²) >= 11 is 1.39. The molecular weight excluding hydrogens is 450 g/mol. The molecule has 3 aromatic rings. The molecule has 12 heteroatoms. The summed E-state index contributed by atoms with van der Waals surface area (Å²) in [6.45, 7) is 1.91. The number of nitrogens with one attached hydrogen (secondary N) is 3. The zero-order chi connectivity index (χ0) is 23.8. The summed E-state index contributed by atoms with van der Waals surface area (Å²) in [7, 11) is 1.34. The van der Waals surface area contributed by atoms with E-state index in [-0.39, 0.29) is 30.2 Å². The van der Waals surface area contributed by atoms with Gasteiger partial charge in [0.05, 0.1) is 35.8 Å². The molecular formula is C21H21N5O6S. The molecule has 172 valence electrons. The molecule has 1 aromatic heterocycles. The predicted molar refractivity (Wildman–Crippen MR) is 121 cm³/mol. The number of hydrogen-bond donors (Lipinski definition) is 3. The third-order valence-corrected chi connectivity index (χ3v) is 5.04. The lowest BCUT2D eigenvalue weighted by atomic mass is 10.1. The van der Waals surface area contributed by atoms with Gasteiger partial charge < -0.3 is 14.8 Å². The maximum absolute atomic E-state index is 12.6. The van der Waals surface area contributed by atoms with Gasteiger partial charge in [-0.25, -0.2) is 4.98 Å². The van der Waals surface area contributed by atoms with Gasteiger partial charge in [0.2, 0.25) is 0 Å². The van der Waals surface area contributed by atoms with E-state index in [4.69, 9.17) is 9.47 Å². The van der Waals surface area contributed by atoms with E-state index in [0.717, 1.165) is 17.3 Å². The Hall–Kier alpha value is -4.19. The monoisotopic (exact) mass is 471 g/mol. The number of nitro groups is 1. The van der Waals surface area contributed by atoms with Crippen LogP contribution < -0.4 is 25.6 Å². The third-order valence-electron chi connectivity index (χ3n) is 4.40. The summed E-state index contributed by atoms with van der Waals surface area (Å²) in [4.78, 5) is 39.5. The minimum Gasteiger partial charge on any atom is -0.493 e. The van der Waals surface area contributed by atoms with Crippen LogP contribution in [0, 0.1) is 17.0 Å². The first-order valence-electron chi connectivity index (χ1n) is 9.63. The highest BCUT2D eigenvalue weighted by Crippen LogP contribution is 2.35. The van der Waals surface area contributed by atoms with Gasteiger partial charge in [-0.1, -0.05) is 17.7 Å². The van der Waals surface area contributed by atoms with E-state index in [0.29, 0.717) is 5.69 Å². The molecule has 11 nitrogen and oxygen atoms in total. The van der Waals surface area contributed by atoms with Crippen LogP contribution in [-0.2, 0) is 11.4 Å². The largest absolute Gasteiger partial charge is 0.493 e. The van der Waals surface area contributed by atoms with Crippen molar-refractivity contribution in [3.63, 3.8) is 0 Å². The number of amides is 2. The van der Waals surface area contributed by atoms with Gasteiger partial charge in [-0.2, -0.15) is 0 Å². The summed E-state index contributed by atoms with van der Waals surface area (Å²) in [5.74, 6) is -1.22. The Morgan fingerprint density at radius 3 is 2.55 bits per heavy atom. The van der Waals surface area contributed by atoms with E-state index in [9.17, 15) is 19.7 Å². The quantitative estimate of drug-likeness (QED) is 0.319. The van der Waals surface area contributed by atoms with Crippen LogP contribution in [0.4, 0.5) is 11.4 Å². The van der Waals surface area contributed by atoms with Gasteiger partial charge in [0.15, 0.2) is 11.5 Å². The van der Waals surface area contributed by atoms with Crippen LogP contribution in [0.3, 0.4) is 0 Å². The van der Waals surface area contributed by atoms with Crippen LogP contribution >= 0.6 is 11.3 Å². The van der Waals surface area contributed by atoms with Gasteiger partial charge in [-0.05, 0) is 19.1 Å². The first kappa shape index (κ1) is 23.5. The number of anilines is 1. The number of hydrogen-bond acceptors (Lipinski definition) is 9. The van der Waals surface area contributed by atoms with Crippen molar-refractivity contribution < 1.29 is 24.0 Å². The molecule has 3 rings (SSSR count). The Morgan fingerprint density at radius 2 is 1.91 bits per heavy atom. The first-order chi connectivity index (χ1) is 15.9. The molecule has 0 bridgehead atoms. The van der Waals surface area contributed by atoms with Crippen LogP contribution in [0.15, 0.2) is 47.3 Å². The number of aryl methyl sites for hydroxylation is 1. The number of methoxy groups -OCH3 is 1. The average molecular weight is 471 g/mol. The molecule has 0 atom stereocenters. The van der Waals surface area contributed by atoms with Crippen LogP contribution in [0.25, 0.3) is 0 Å². The summed E-state index contributed by atoms with van der Waals surface area (Å²) in [5, 5.41) is 16.2. The van der Waals surface area contributed by atoms with Crippen molar-refractivity contribution in [1.82, 2.24) is 15.8 Å². The number of ether oxygens (including phenoxy) is 2. The lowest BCUT2D eigenvalue weighted by Crippen LogP contribution is -2.44. The smallest absolute Gasteiger partial charge is 0.286 e. The van der Waals surface area contributed by atoms with Crippen LogP contribution in [0.5, 0.6) is 11.5 Å². The lowest BCUT2D eigenvalue weighted by molar-refractivity contribution is -0.385. The van der Waals surface area contributed by atoms with E-state index in [1.165, 1.54) is 24.5 Å². The number of aromatic nitrogens is 1. The van der Waals surface area contributed by atoms with Crippen molar-refractivity contribution in [3.8, 4) is 11.5 Å². The van der Waals surface area contributed by atoms with Crippen LogP contribution in [-0.4, -0.2) is 35.4 Å². The molecule has 0 aliphatic heterocycles. The molecule has 0 radical (unpaired) electrons. The molecule has 0 saturated carbocycles. The Balaban J connectivity index is 1.65. The lowest BCUT2D eigenvalue weighted by Gasteiger charge is -2.13. The van der Waals surface area contributed by atoms with Gasteiger partial charge in [0, 0.05) is 17.1 Å². The summed E-state index contributed by atoms with van der Waals surface area (Å²) in [5.41, 5.74) is 7.68. The fourth-order valence-corrected chi connectivity index (χ4v) is 3.25. The number of nitrogens with zero attached hydrogens (tertiary/aromatic N) is 2. The minimum atomic E-state index is -0.880. The van der Waals surface area contributed by atoms with Crippen LogP contribution in [0.1, 0.15) is 21.6 Å². The van der Waals surface area contributed by atoms with Crippen LogP contribution in [0.2, 0.25) is 0 Å². The molecule has 33 heavy (non-hydrogen) atoms. The van der Waals surface area contributed by atoms with Crippen molar-refractivity contribution in [3.05, 3.63) is 74.2 Å². The fraction of sp³-hybridized carbons (Fsp3) is 0.190. The minimum absolute atomic E-state index is 0.0760. The molecule has 2 aromatic carbocycles. The van der Waals surface area contributed by atoms with Gasteiger partial charge in [0.1, 0.15) is 12.2 Å². The average Bonchev–Trinajstić information content (AvgIpc) is 3.33. The maximum atomic E-state index is 12.6. The van der Waals surface area contributed by atoms with E-state index in [1.807, 2.05) is 31.2 Å². The van der Waals surface area contributed by atoms with E-state index in [2.05, 4.69) is 21.2 Å². The van der Waals surface area contributed by atoms with Gasteiger partial charge >= 0.3 is 0 Å². The van der Waals surface area contributed by atoms with E-state index < -0.39 is 22.4 Å². The molecule has 0 aliphatic rings. The molecule has 0 fully saturated rings. The second-order valence-corrected chi connectivity index (χ2v) is 7.49. The van der Waals surface area contributed by atoms with Crippen molar-refractivity contribution in [2.75, 3.05) is 19.0 Å². The SMILES string of the molecule is COc1cc(C(=O)NNC(=O)CNc2ccc(C)cc2)c([N+](=O)[O-])cc1OCc1cscn1. The second kappa shape index (κ2) is 10.9. The van der Waals surface area contributed by atoms with Crippen molar-refractivity contribution in [2.24, 2.45) is 0 Å². The van der Waals surface area contributed by atoms with Gasteiger partial charge in [-0.15, -0.1) is 11.3 Å². The normalized spacial score (nSPS) is 10.2. The Kier molecular flexibility index (Phi) is 7.76. The Morgan fingerprint density at radius 1 is 1.15 bits per heavy atom. The predicted octanol–water partition coefficient (Wildman–Crippen LogP) is 2.82. The number of benzene rings is 2. The zero-order valence-corrected chi connectivity index (χ0v) is 18.6. The topological polar surface area (TPSA) is 145 Å². The van der Waals surface area contributed by atoms with Gasteiger partial charge in [-0.3, -0.25) is 30.6 Å². The highest BCUT2D eigenvalue weighted by Gasteiger charge is 2.25. The number of thiazole rings is 1. The molecule has 3 N–H and O–H groups in total. The van der Waals surface area contributed by atoms with Crippen molar-refractivity contribution in [2.45, 2.75) is 13.5 Å². The van der Waals surface area contributed by atoms with Gasteiger partial charge in [0.25, 0.3) is 17.5 Å². The van der Waals surface area contributed by atoms with E-state index >= 15 is 0 Å². The molecule has 1 heterocycles. The molecule has 2 amide bonds. The highest BCUT2D eigenvalue weighted by atomic mass is 32.1.